The molecule has 0 aromatic carbocycles. The third-order valence-electron chi connectivity index (χ3n) is 2.00. The smallest absolute Gasteiger partial charge is 0.171 e. The van der Waals surface area contributed by atoms with Crippen molar-refractivity contribution in [3.63, 3.8) is 0 Å². The van der Waals surface area contributed by atoms with Gasteiger partial charge in [0.1, 0.15) is 0 Å². The predicted octanol–water partition coefficient (Wildman–Crippen LogP) is -6.14. The summed E-state index contributed by atoms with van der Waals surface area (Å²) in [4.78, 5) is 11.5. The lowest BCUT2D eigenvalue weighted by atomic mass is 10.1. The lowest BCUT2D eigenvalue weighted by molar-refractivity contribution is -0.693. The Bertz CT molecular complexity index is 682. The fourth-order valence-electron chi connectivity index (χ4n) is 0.418. The molecule has 0 heterocycles. The topological polar surface area (TPSA) is 234 Å². The van der Waals surface area contributed by atoms with Crippen LogP contribution in [0.25, 0.3) is 0 Å². The van der Waals surface area contributed by atoms with Gasteiger partial charge in [0.25, 0.3) is 0 Å². The molecule has 0 saturated heterocycles. The molecular formula is C15H23O12P-2. The van der Waals surface area contributed by atoms with Crippen LogP contribution < -0.4 is 10.2 Å². The molecule has 0 amide bonds. The van der Waals surface area contributed by atoms with E-state index in [1.54, 1.807) is 11.8 Å². The van der Waals surface area contributed by atoms with E-state index >= 15 is 0 Å². The monoisotopic (exact) mass is 432 g/mol. The summed E-state index contributed by atoms with van der Waals surface area (Å²) in [6, 6.07) is 0. The van der Waals surface area contributed by atoms with Gasteiger partial charge in [-0.05, 0) is 0 Å². The van der Waals surface area contributed by atoms with Gasteiger partial charge in [-0.1, -0.05) is 17.8 Å². The first kappa shape index (κ1) is 21.1. The standard InChI is InChI=1S/C5H8O4.2C5H8O3.HO2P/c1-2-5(7,3-6)4-9-8;2*1-2-5(8,3-6)4-7;1-3-2/h1,6-8H,3-4H2;2*1,6-8H,3-4H2;(H,1,2)/p-2/t5-;;;/m0.../s1/i3*3D2;/tm;5-;;/m01../s1. The molecule has 1 unspecified atom stereocenters. The first-order valence-electron chi connectivity index (χ1n) is 9.22. The fourth-order valence-corrected chi connectivity index (χ4v) is 0.418. The van der Waals surface area contributed by atoms with Crippen LogP contribution in [-0.2, 0) is 9.45 Å². The SMILES string of the molecule is O=P[O-].[2H]C([2H])(O)C(O)(C#C)CO.[2H]C([2H])(O)[C@@](O)(C#C)CO[O-].[2H]C([2H])(O)[C@](O)(C#C)CO. The van der Waals surface area contributed by atoms with Crippen LogP contribution in [-0.4, -0.2) is 97.2 Å². The summed E-state index contributed by atoms with van der Waals surface area (Å²) in [6.45, 7) is -12.0. The van der Waals surface area contributed by atoms with Gasteiger partial charge in [0.2, 0.25) is 0 Å². The van der Waals surface area contributed by atoms with Crippen molar-refractivity contribution < 1.29 is 68.7 Å². The molecular weight excluding hydrogens is 403 g/mol. The molecule has 0 aromatic heterocycles. The van der Waals surface area contributed by atoms with Crippen LogP contribution in [0.5, 0.6) is 0 Å². The second kappa shape index (κ2) is 20.1. The maximum absolute atomic E-state index is 9.52. The van der Waals surface area contributed by atoms with Crippen LogP contribution in [0, 0.1) is 37.0 Å². The highest BCUT2D eigenvalue weighted by Gasteiger charge is 2.21. The first-order valence-corrected chi connectivity index (χ1v) is 6.95. The Morgan fingerprint density at radius 2 is 1.11 bits per heavy atom. The van der Waals surface area contributed by atoms with E-state index in [9.17, 15) is 5.26 Å². The van der Waals surface area contributed by atoms with Crippen LogP contribution in [0.1, 0.15) is 8.22 Å². The number of aliphatic hydroxyl groups excluding tert-OH is 2. The molecule has 0 radical (unpaired) electrons. The Morgan fingerprint density at radius 1 is 0.857 bits per heavy atom. The van der Waals surface area contributed by atoms with Gasteiger partial charge in [-0.2, -0.15) is 0 Å². The van der Waals surface area contributed by atoms with Crippen LogP contribution in [0.3, 0.4) is 0 Å². The number of hydrogen-bond donors (Lipinski definition) is 8. The Morgan fingerprint density at radius 3 is 1.14 bits per heavy atom. The molecule has 12 nitrogen and oxygen atoms in total. The molecule has 28 heavy (non-hydrogen) atoms. The summed E-state index contributed by atoms with van der Waals surface area (Å²) >= 11 is 0. The second-order valence-corrected chi connectivity index (χ2v) is 4.15. The molecule has 0 saturated carbocycles. The van der Waals surface area contributed by atoms with Gasteiger partial charge in [-0.25, -0.2) is 0 Å². The quantitative estimate of drug-likeness (QED) is 0.0812. The van der Waals surface area contributed by atoms with Gasteiger partial charge in [-0.15, -0.1) is 19.3 Å². The minimum atomic E-state index is -3.05. The lowest BCUT2D eigenvalue weighted by Gasteiger charge is -2.20. The normalized spacial score (nSPS) is 20.2. The van der Waals surface area contributed by atoms with Crippen molar-refractivity contribution in [2.24, 2.45) is 0 Å². The van der Waals surface area contributed by atoms with Gasteiger partial charge in [0.15, 0.2) is 16.8 Å². The summed E-state index contributed by atoms with van der Waals surface area (Å²) in [6.07, 6.45) is 13.9. The summed E-state index contributed by atoms with van der Waals surface area (Å²) in [7, 11) is -1.08. The second-order valence-electron chi connectivity index (χ2n) is 4.00. The highest BCUT2D eigenvalue weighted by Crippen LogP contribution is 1.99. The summed E-state index contributed by atoms with van der Waals surface area (Å²) in [5.74, 6) is 4.62. The molecule has 162 valence electrons. The van der Waals surface area contributed by atoms with Gasteiger partial charge in [-0.3, -0.25) is 4.57 Å². The third kappa shape index (κ3) is 19.1. The molecule has 0 aliphatic carbocycles. The average molecular weight is 432 g/mol. The molecule has 13 heteroatoms. The van der Waals surface area contributed by atoms with Crippen molar-refractivity contribution in [2.45, 2.75) is 16.8 Å². The zero-order valence-electron chi connectivity index (χ0n) is 20.0. The Balaban J connectivity index is -0.000000187. The average Bonchev–Trinajstić information content (AvgIpc) is 2.71. The summed E-state index contributed by atoms with van der Waals surface area (Å²) in [5, 5.41) is 78.5. The summed E-state index contributed by atoms with van der Waals surface area (Å²) in [5.41, 5.74) is -7.60. The van der Waals surface area contributed by atoms with Crippen molar-refractivity contribution in [3.8, 4) is 37.0 Å². The first-order chi connectivity index (χ1) is 15.0. The van der Waals surface area contributed by atoms with Crippen molar-refractivity contribution in [1.82, 2.24) is 0 Å². The van der Waals surface area contributed by atoms with E-state index in [4.69, 9.17) is 58.5 Å². The molecule has 0 aromatic rings. The van der Waals surface area contributed by atoms with E-state index in [0.29, 0.717) is 0 Å². The lowest BCUT2D eigenvalue weighted by Crippen LogP contribution is -2.38. The molecule has 3 atom stereocenters. The Labute approximate surface area is 171 Å². The third-order valence-corrected chi connectivity index (χ3v) is 2.00. The number of terminal acetylenes is 3. The number of hydrogen-bond acceptors (Lipinski definition) is 12. The van der Waals surface area contributed by atoms with E-state index < -0.39 is 65.0 Å². The van der Waals surface area contributed by atoms with E-state index in [1.165, 1.54) is 5.92 Å². The van der Waals surface area contributed by atoms with Crippen molar-refractivity contribution in [2.75, 3.05) is 39.5 Å². The maximum Gasteiger partial charge on any atom is 0.171 e. The number of aliphatic hydroxyl groups is 8. The number of rotatable bonds is 7. The van der Waals surface area contributed by atoms with Gasteiger partial charge in [0, 0.05) is 0 Å². The maximum atomic E-state index is 9.52. The summed E-state index contributed by atoms with van der Waals surface area (Å²) < 4.78 is 47.8. The highest BCUT2D eigenvalue weighted by atomic mass is 31.1. The van der Waals surface area contributed by atoms with E-state index in [2.05, 4.69) is 24.2 Å². The minimum Gasteiger partial charge on any atom is -0.772 e. The van der Waals surface area contributed by atoms with Gasteiger partial charge < -0.3 is 55.9 Å². The van der Waals surface area contributed by atoms with Gasteiger partial charge in [0.05, 0.1) is 56.4 Å². The van der Waals surface area contributed by atoms with Crippen molar-refractivity contribution in [3.05, 3.63) is 0 Å². The highest BCUT2D eigenvalue weighted by molar-refractivity contribution is 7.14. The largest absolute Gasteiger partial charge is 0.772 e. The predicted molar refractivity (Wildman–Crippen MR) is 90.3 cm³/mol. The Kier molecular flexibility index (Phi) is 15.1. The van der Waals surface area contributed by atoms with E-state index in [0.717, 1.165) is 0 Å². The van der Waals surface area contributed by atoms with E-state index in [-0.39, 0.29) is 0 Å². The van der Waals surface area contributed by atoms with Crippen LogP contribution in [0.15, 0.2) is 0 Å². The van der Waals surface area contributed by atoms with Crippen LogP contribution >= 0.6 is 8.69 Å². The molecule has 0 spiro atoms. The minimum absolute atomic E-state index is 1.01. The molecule has 8 N–H and O–H groups in total. The fraction of sp³-hybridized carbons (Fsp3) is 0.600. The van der Waals surface area contributed by atoms with Crippen molar-refractivity contribution >= 4 is 8.69 Å². The molecule has 0 fully saturated rings. The van der Waals surface area contributed by atoms with E-state index in [1.807, 2.05) is 0 Å². The van der Waals surface area contributed by atoms with Crippen LogP contribution in [0.4, 0.5) is 0 Å². The zero-order valence-corrected chi connectivity index (χ0v) is 14.9. The molecule has 0 bridgehead atoms. The van der Waals surface area contributed by atoms with Gasteiger partial charge >= 0.3 is 0 Å². The Hall–Kier alpha value is -1.66. The zero-order chi connectivity index (χ0) is 28.7. The van der Waals surface area contributed by atoms with Crippen molar-refractivity contribution in [1.29, 1.82) is 0 Å². The van der Waals surface area contributed by atoms with Crippen LogP contribution in [0.2, 0.25) is 0 Å². The molecule has 0 aliphatic rings. The molecule has 0 rings (SSSR count). The molecule has 0 aliphatic heterocycles.